The number of aromatic nitrogens is 3. The van der Waals surface area contributed by atoms with Gasteiger partial charge in [0.15, 0.2) is 5.65 Å². The minimum absolute atomic E-state index is 0.207. The van der Waals surface area contributed by atoms with Gasteiger partial charge in [0.2, 0.25) is 5.95 Å². The third-order valence-corrected chi connectivity index (χ3v) is 4.42. The van der Waals surface area contributed by atoms with Crippen LogP contribution in [0.15, 0.2) is 36.4 Å². The molecular weight excluding hydrogens is 307 g/mol. The van der Waals surface area contributed by atoms with E-state index in [4.69, 9.17) is 5.73 Å². The normalized spacial score (nSPS) is 16.0. The van der Waals surface area contributed by atoms with E-state index in [1.807, 2.05) is 24.3 Å². The van der Waals surface area contributed by atoms with Gasteiger partial charge in [-0.2, -0.15) is 4.98 Å². The largest absolute Gasteiger partial charge is 0.369 e. The summed E-state index contributed by atoms with van der Waals surface area (Å²) < 4.78 is 15.9. The first-order valence-electron chi connectivity index (χ1n) is 7.96. The predicted octanol–water partition coefficient (Wildman–Crippen LogP) is 1.87. The Morgan fingerprint density at radius 2 is 1.88 bits per heavy atom. The molecule has 0 aliphatic carbocycles. The van der Waals surface area contributed by atoms with E-state index in [2.05, 4.69) is 26.9 Å². The smallest absolute Gasteiger partial charge is 0.240 e. The fourth-order valence-electron chi connectivity index (χ4n) is 3.11. The molecule has 1 aromatic carbocycles. The zero-order valence-electron chi connectivity index (χ0n) is 13.5. The van der Waals surface area contributed by atoms with Gasteiger partial charge in [0.05, 0.1) is 5.69 Å². The molecule has 6 nitrogen and oxygen atoms in total. The predicted molar refractivity (Wildman–Crippen MR) is 92.5 cm³/mol. The molecule has 1 saturated heterocycles. The van der Waals surface area contributed by atoms with Crippen molar-refractivity contribution in [3.05, 3.63) is 42.2 Å². The van der Waals surface area contributed by atoms with E-state index in [0.717, 1.165) is 43.1 Å². The molecule has 1 aliphatic heterocycles. The van der Waals surface area contributed by atoms with E-state index in [1.165, 1.54) is 6.07 Å². The molecule has 7 heteroatoms. The third kappa shape index (κ3) is 2.67. The molecule has 124 valence electrons. The van der Waals surface area contributed by atoms with Crippen LogP contribution in [0.2, 0.25) is 0 Å². The van der Waals surface area contributed by atoms with Crippen LogP contribution in [0, 0.1) is 5.82 Å². The van der Waals surface area contributed by atoms with Gasteiger partial charge in [0.1, 0.15) is 5.82 Å². The molecule has 0 bridgehead atoms. The number of nitrogens with zero attached hydrogens (tertiary/aromatic N) is 5. The number of pyridine rings is 1. The molecule has 0 atom stereocenters. The van der Waals surface area contributed by atoms with Gasteiger partial charge in [0.25, 0.3) is 0 Å². The molecule has 0 amide bonds. The Bertz CT molecular complexity index is 882. The van der Waals surface area contributed by atoms with Crippen LogP contribution in [0.5, 0.6) is 0 Å². The third-order valence-electron chi connectivity index (χ3n) is 4.42. The van der Waals surface area contributed by atoms with Crippen LogP contribution in [-0.2, 0) is 0 Å². The van der Waals surface area contributed by atoms with Crippen molar-refractivity contribution in [3.63, 3.8) is 0 Å². The van der Waals surface area contributed by atoms with Crippen LogP contribution in [0.25, 0.3) is 16.9 Å². The Hall–Kier alpha value is -2.67. The van der Waals surface area contributed by atoms with E-state index in [0.29, 0.717) is 5.65 Å². The van der Waals surface area contributed by atoms with Crippen molar-refractivity contribution in [2.45, 2.75) is 0 Å². The summed E-state index contributed by atoms with van der Waals surface area (Å²) in [7, 11) is 2.10. The molecule has 1 fully saturated rings. The minimum Gasteiger partial charge on any atom is -0.369 e. The number of benzene rings is 1. The topological polar surface area (TPSA) is 62.7 Å². The van der Waals surface area contributed by atoms with Crippen molar-refractivity contribution in [2.24, 2.45) is 0 Å². The molecular formula is C17H19FN6. The fraction of sp³-hybridized carbons (Fsp3) is 0.294. The van der Waals surface area contributed by atoms with Crippen molar-refractivity contribution >= 4 is 17.3 Å². The summed E-state index contributed by atoms with van der Waals surface area (Å²) in [5.41, 5.74) is 8.77. The van der Waals surface area contributed by atoms with Gasteiger partial charge in [-0.25, -0.2) is 8.91 Å². The number of hydrogen-bond acceptors (Lipinski definition) is 5. The van der Waals surface area contributed by atoms with Gasteiger partial charge in [-0.05, 0) is 37.4 Å². The highest BCUT2D eigenvalue weighted by atomic mass is 19.1. The molecule has 0 unspecified atom stereocenters. The highest BCUT2D eigenvalue weighted by molar-refractivity contribution is 5.68. The van der Waals surface area contributed by atoms with Gasteiger partial charge in [0, 0.05) is 37.4 Å². The zero-order valence-corrected chi connectivity index (χ0v) is 13.5. The van der Waals surface area contributed by atoms with Crippen molar-refractivity contribution in [2.75, 3.05) is 43.9 Å². The maximum absolute atomic E-state index is 14.2. The number of piperazine rings is 1. The number of nitrogens with two attached hydrogens (primary N) is 1. The standard InChI is InChI=1S/C17H19FN6/c1-22-5-7-23(8-6-22)14-10-12(9-13(18)11-14)15-3-2-4-16-20-17(19)21-24(15)16/h2-4,9-11H,5-8H2,1H3,(H2,19,21). The average Bonchev–Trinajstić information content (AvgIpc) is 2.95. The molecule has 4 rings (SSSR count). The first kappa shape index (κ1) is 14.9. The number of halogens is 1. The van der Waals surface area contributed by atoms with Crippen molar-refractivity contribution in [1.82, 2.24) is 19.5 Å². The maximum Gasteiger partial charge on any atom is 0.240 e. The van der Waals surface area contributed by atoms with Crippen LogP contribution in [0.4, 0.5) is 16.0 Å². The zero-order chi connectivity index (χ0) is 16.7. The van der Waals surface area contributed by atoms with E-state index in [9.17, 15) is 4.39 Å². The van der Waals surface area contributed by atoms with Gasteiger partial charge >= 0.3 is 0 Å². The lowest BCUT2D eigenvalue weighted by Gasteiger charge is -2.34. The molecule has 0 saturated carbocycles. The molecule has 2 aromatic heterocycles. The van der Waals surface area contributed by atoms with Crippen LogP contribution in [0.3, 0.4) is 0 Å². The second-order valence-electron chi connectivity index (χ2n) is 6.14. The molecule has 3 heterocycles. The Morgan fingerprint density at radius 1 is 1.08 bits per heavy atom. The first-order chi connectivity index (χ1) is 11.6. The monoisotopic (exact) mass is 326 g/mol. The quantitative estimate of drug-likeness (QED) is 0.779. The second-order valence-corrected chi connectivity index (χ2v) is 6.14. The molecule has 0 spiro atoms. The number of nitrogen functional groups attached to an aromatic ring is 1. The molecule has 0 radical (unpaired) electrons. The van der Waals surface area contributed by atoms with Gasteiger partial charge < -0.3 is 15.5 Å². The number of fused-ring (bicyclic) bond motifs is 1. The summed E-state index contributed by atoms with van der Waals surface area (Å²) in [6.07, 6.45) is 0. The number of rotatable bonds is 2. The van der Waals surface area contributed by atoms with Gasteiger partial charge in [-0.1, -0.05) is 6.07 Å². The summed E-state index contributed by atoms with van der Waals surface area (Å²) in [5.74, 6) is -0.0512. The maximum atomic E-state index is 14.2. The summed E-state index contributed by atoms with van der Waals surface area (Å²) in [6, 6.07) is 10.7. The van der Waals surface area contributed by atoms with E-state index in [-0.39, 0.29) is 11.8 Å². The number of likely N-dealkylation sites (N-methyl/N-ethyl adjacent to an activating group) is 1. The Labute approximate surface area is 139 Å². The lowest BCUT2D eigenvalue weighted by Crippen LogP contribution is -2.44. The Morgan fingerprint density at radius 3 is 2.67 bits per heavy atom. The van der Waals surface area contributed by atoms with Crippen LogP contribution in [0.1, 0.15) is 0 Å². The fourth-order valence-corrected chi connectivity index (χ4v) is 3.11. The van der Waals surface area contributed by atoms with Crippen LogP contribution >= 0.6 is 0 Å². The average molecular weight is 326 g/mol. The van der Waals surface area contributed by atoms with Gasteiger partial charge in [-0.3, -0.25) is 0 Å². The van der Waals surface area contributed by atoms with Crippen molar-refractivity contribution in [3.8, 4) is 11.3 Å². The summed E-state index contributed by atoms with van der Waals surface area (Å²) in [4.78, 5) is 8.65. The molecule has 2 N–H and O–H groups in total. The second kappa shape index (κ2) is 5.76. The van der Waals surface area contributed by atoms with E-state index in [1.54, 1.807) is 10.6 Å². The van der Waals surface area contributed by atoms with Crippen molar-refractivity contribution < 1.29 is 4.39 Å². The number of anilines is 2. The minimum atomic E-state index is -0.258. The highest BCUT2D eigenvalue weighted by Gasteiger charge is 2.17. The number of hydrogen-bond donors (Lipinski definition) is 1. The van der Waals surface area contributed by atoms with Crippen molar-refractivity contribution in [1.29, 1.82) is 0 Å². The molecule has 24 heavy (non-hydrogen) atoms. The SMILES string of the molecule is CN1CCN(c2cc(F)cc(-c3cccc4nc(N)nn34)c2)CC1. The summed E-state index contributed by atoms with van der Waals surface area (Å²) in [6.45, 7) is 3.72. The van der Waals surface area contributed by atoms with E-state index < -0.39 is 0 Å². The first-order valence-corrected chi connectivity index (χ1v) is 7.96. The Balaban J connectivity index is 1.78. The lowest BCUT2D eigenvalue weighted by molar-refractivity contribution is 0.313. The highest BCUT2D eigenvalue weighted by Crippen LogP contribution is 2.27. The molecule has 3 aromatic rings. The molecule has 1 aliphatic rings. The van der Waals surface area contributed by atoms with Crippen LogP contribution < -0.4 is 10.6 Å². The van der Waals surface area contributed by atoms with Gasteiger partial charge in [-0.15, -0.1) is 5.10 Å². The summed E-state index contributed by atoms with van der Waals surface area (Å²) in [5, 5.41) is 4.21. The lowest BCUT2D eigenvalue weighted by atomic mass is 10.1. The Kier molecular flexibility index (Phi) is 3.57. The summed E-state index contributed by atoms with van der Waals surface area (Å²) >= 11 is 0. The van der Waals surface area contributed by atoms with E-state index >= 15 is 0 Å². The van der Waals surface area contributed by atoms with Crippen LogP contribution in [-0.4, -0.2) is 52.7 Å².